The van der Waals surface area contributed by atoms with Crippen LogP contribution in [-0.4, -0.2) is 29.4 Å². The topological polar surface area (TPSA) is 49.9 Å². The fourth-order valence-electron chi connectivity index (χ4n) is 2.45. The summed E-state index contributed by atoms with van der Waals surface area (Å²) in [6, 6.07) is 10.4. The van der Waals surface area contributed by atoms with E-state index < -0.39 is 0 Å². The second-order valence-corrected chi connectivity index (χ2v) is 5.67. The maximum Gasteiger partial charge on any atom is 0.114 e. The molecule has 2 N–H and O–H groups in total. The number of aryl methyl sites for hydroxylation is 1. The highest BCUT2D eigenvalue weighted by Gasteiger charge is 2.24. The first-order chi connectivity index (χ1) is 9.70. The number of H-pyrrole nitrogens is 1. The zero-order chi connectivity index (χ0) is 13.9. The molecule has 4 nitrogen and oxygen atoms in total. The molecule has 1 aromatic heterocycles. The Kier molecular flexibility index (Phi) is 4.05. The second-order valence-electron chi connectivity index (χ2n) is 5.23. The number of ether oxygens (including phenoxy) is 1. The first-order valence-corrected chi connectivity index (χ1v) is 7.20. The van der Waals surface area contributed by atoms with Crippen molar-refractivity contribution in [2.45, 2.75) is 25.5 Å². The van der Waals surface area contributed by atoms with Crippen molar-refractivity contribution in [3.05, 3.63) is 52.3 Å². The minimum atomic E-state index is 0.0430. The highest BCUT2D eigenvalue weighted by atomic mass is 35.5. The first-order valence-electron chi connectivity index (χ1n) is 6.82. The molecule has 2 heterocycles. The van der Waals surface area contributed by atoms with Crippen LogP contribution in [0.2, 0.25) is 5.02 Å². The third kappa shape index (κ3) is 3.20. The number of morpholine rings is 1. The smallest absolute Gasteiger partial charge is 0.114 e. The molecule has 1 saturated heterocycles. The lowest BCUT2D eigenvalue weighted by Gasteiger charge is -2.29. The third-order valence-electron chi connectivity index (χ3n) is 3.54. The fraction of sp³-hybridized carbons (Fsp3) is 0.400. The van der Waals surface area contributed by atoms with Crippen LogP contribution in [0.15, 0.2) is 30.3 Å². The number of hydrogen-bond donors (Lipinski definition) is 2. The van der Waals surface area contributed by atoms with E-state index in [1.807, 2.05) is 25.1 Å². The van der Waals surface area contributed by atoms with Gasteiger partial charge < -0.3 is 10.1 Å². The zero-order valence-electron chi connectivity index (χ0n) is 11.4. The molecular formula is C15H18ClN3O. The molecule has 1 aromatic carbocycles. The Hall–Kier alpha value is -1.36. The number of benzene rings is 1. The van der Waals surface area contributed by atoms with Gasteiger partial charge in [-0.05, 0) is 37.1 Å². The maximum atomic E-state index is 5.91. The largest absolute Gasteiger partial charge is 0.369 e. The molecule has 0 spiro atoms. The van der Waals surface area contributed by atoms with Crippen molar-refractivity contribution in [2.24, 2.45) is 0 Å². The van der Waals surface area contributed by atoms with Crippen molar-refractivity contribution >= 4 is 11.6 Å². The normalized spacial score (nSPS) is 22.9. The van der Waals surface area contributed by atoms with Crippen LogP contribution >= 0.6 is 11.6 Å². The van der Waals surface area contributed by atoms with Crippen LogP contribution in [0.25, 0.3) is 0 Å². The first kappa shape index (κ1) is 13.6. The van der Waals surface area contributed by atoms with E-state index in [2.05, 4.69) is 27.6 Å². The van der Waals surface area contributed by atoms with Crippen LogP contribution in [0.4, 0.5) is 0 Å². The van der Waals surface area contributed by atoms with Crippen LogP contribution in [0.5, 0.6) is 0 Å². The zero-order valence-corrected chi connectivity index (χ0v) is 12.2. The minimum Gasteiger partial charge on any atom is -0.369 e. The number of halogens is 1. The van der Waals surface area contributed by atoms with Crippen molar-refractivity contribution in [1.82, 2.24) is 15.5 Å². The maximum absolute atomic E-state index is 5.91. The van der Waals surface area contributed by atoms with Crippen molar-refractivity contribution < 1.29 is 4.74 Å². The molecule has 106 valence electrons. The van der Waals surface area contributed by atoms with Gasteiger partial charge in [0, 0.05) is 23.3 Å². The van der Waals surface area contributed by atoms with E-state index in [1.165, 1.54) is 5.56 Å². The Labute approximate surface area is 123 Å². The van der Waals surface area contributed by atoms with E-state index in [1.54, 1.807) is 0 Å². The van der Waals surface area contributed by atoms with Gasteiger partial charge in [0.1, 0.15) is 6.10 Å². The molecule has 0 radical (unpaired) electrons. The molecule has 1 aliphatic heterocycles. The summed E-state index contributed by atoms with van der Waals surface area (Å²) in [4.78, 5) is 0. The second kappa shape index (κ2) is 5.95. The number of aromatic amines is 1. The summed E-state index contributed by atoms with van der Waals surface area (Å²) < 4.78 is 5.91. The molecule has 1 aliphatic rings. The van der Waals surface area contributed by atoms with E-state index in [0.29, 0.717) is 12.6 Å². The highest BCUT2D eigenvalue weighted by Crippen LogP contribution is 2.20. The van der Waals surface area contributed by atoms with Gasteiger partial charge in [-0.15, -0.1) is 0 Å². The van der Waals surface area contributed by atoms with Gasteiger partial charge in [-0.25, -0.2) is 0 Å². The Morgan fingerprint density at radius 2 is 2.15 bits per heavy atom. The molecule has 2 aromatic rings. The summed E-state index contributed by atoms with van der Waals surface area (Å²) in [6.45, 7) is 3.48. The van der Waals surface area contributed by atoms with Crippen LogP contribution in [0.3, 0.4) is 0 Å². The van der Waals surface area contributed by atoms with Gasteiger partial charge >= 0.3 is 0 Å². The number of nitrogens with zero attached hydrogens (tertiary/aromatic N) is 1. The van der Waals surface area contributed by atoms with Gasteiger partial charge in [-0.2, -0.15) is 5.10 Å². The summed E-state index contributed by atoms with van der Waals surface area (Å²) in [7, 11) is 0. The monoisotopic (exact) mass is 291 g/mol. The molecule has 0 amide bonds. The summed E-state index contributed by atoms with van der Waals surface area (Å²) in [5.41, 5.74) is 3.30. The van der Waals surface area contributed by atoms with Gasteiger partial charge in [-0.1, -0.05) is 23.7 Å². The van der Waals surface area contributed by atoms with Crippen molar-refractivity contribution in [3.8, 4) is 0 Å². The fourth-order valence-corrected chi connectivity index (χ4v) is 2.58. The number of rotatable bonds is 3. The molecule has 2 atom stereocenters. The van der Waals surface area contributed by atoms with Crippen molar-refractivity contribution in [3.63, 3.8) is 0 Å². The van der Waals surface area contributed by atoms with Gasteiger partial charge in [-0.3, -0.25) is 5.10 Å². The van der Waals surface area contributed by atoms with E-state index in [9.17, 15) is 0 Å². The summed E-state index contributed by atoms with van der Waals surface area (Å²) in [5.74, 6) is 0. The summed E-state index contributed by atoms with van der Waals surface area (Å²) in [5, 5.41) is 11.5. The van der Waals surface area contributed by atoms with Gasteiger partial charge in [0.05, 0.1) is 12.3 Å². The quantitative estimate of drug-likeness (QED) is 0.914. The average molecular weight is 292 g/mol. The lowest BCUT2D eigenvalue weighted by atomic mass is 10.0. The molecule has 2 unspecified atom stereocenters. The average Bonchev–Trinajstić information content (AvgIpc) is 2.89. The highest BCUT2D eigenvalue weighted by molar-refractivity contribution is 6.30. The molecule has 3 rings (SSSR count). The summed E-state index contributed by atoms with van der Waals surface area (Å²) >= 11 is 5.89. The van der Waals surface area contributed by atoms with Crippen LogP contribution in [0, 0.1) is 6.92 Å². The van der Waals surface area contributed by atoms with Crippen molar-refractivity contribution in [2.75, 3.05) is 13.2 Å². The van der Waals surface area contributed by atoms with Gasteiger partial charge in [0.2, 0.25) is 0 Å². The molecule has 0 bridgehead atoms. The number of nitrogens with one attached hydrogen (secondary N) is 2. The standard InChI is InChI=1S/C15H18ClN3O/c1-10-6-14(19-18-10)15-8-17-13(9-20-15)7-11-2-4-12(16)5-3-11/h2-6,13,15,17H,7-9H2,1H3,(H,18,19). The minimum absolute atomic E-state index is 0.0430. The molecule has 0 aliphatic carbocycles. The molecule has 1 fully saturated rings. The van der Waals surface area contributed by atoms with Crippen LogP contribution < -0.4 is 5.32 Å². The number of aromatic nitrogens is 2. The molecule has 5 heteroatoms. The SMILES string of the molecule is Cc1cc(C2CNC(Cc3ccc(Cl)cc3)CO2)n[nH]1. The van der Waals surface area contributed by atoms with E-state index in [4.69, 9.17) is 16.3 Å². The van der Waals surface area contributed by atoms with Crippen LogP contribution in [-0.2, 0) is 11.2 Å². The predicted octanol–water partition coefficient (Wildman–Crippen LogP) is 2.64. The lowest BCUT2D eigenvalue weighted by molar-refractivity contribution is 0.000679. The Morgan fingerprint density at radius 1 is 1.35 bits per heavy atom. The Balaban J connectivity index is 1.54. The lowest BCUT2D eigenvalue weighted by Crippen LogP contribution is -2.44. The molecule has 20 heavy (non-hydrogen) atoms. The van der Waals surface area contributed by atoms with Crippen LogP contribution in [0.1, 0.15) is 23.1 Å². The third-order valence-corrected chi connectivity index (χ3v) is 3.79. The van der Waals surface area contributed by atoms with Gasteiger partial charge in [0.15, 0.2) is 0 Å². The van der Waals surface area contributed by atoms with Gasteiger partial charge in [0.25, 0.3) is 0 Å². The number of hydrogen-bond acceptors (Lipinski definition) is 3. The molecule has 0 saturated carbocycles. The Bertz CT molecular complexity index is 559. The van der Waals surface area contributed by atoms with E-state index in [-0.39, 0.29) is 6.10 Å². The van der Waals surface area contributed by atoms with E-state index in [0.717, 1.165) is 29.4 Å². The Morgan fingerprint density at radius 3 is 2.75 bits per heavy atom. The van der Waals surface area contributed by atoms with E-state index >= 15 is 0 Å². The predicted molar refractivity (Wildman–Crippen MR) is 79.0 cm³/mol. The van der Waals surface area contributed by atoms with Crippen molar-refractivity contribution in [1.29, 1.82) is 0 Å². The summed E-state index contributed by atoms with van der Waals surface area (Å²) in [6.07, 6.45) is 0.991. The molecular weight excluding hydrogens is 274 g/mol.